The predicted octanol–water partition coefficient (Wildman–Crippen LogP) is 5.28. The van der Waals surface area contributed by atoms with Gasteiger partial charge in [-0.25, -0.2) is 8.78 Å². The van der Waals surface area contributed by atoms with E-state index in [0.29, 0.717) is 10.6 Å². The van der Waals surface area contributed by atoms with Gasteiger partial charge in [0.05, 0.1) is 11.4 Å². The van der Waals surface area contributed by atoms with Crippen LogP contribution in [0.15, 0.2) is 78.4 Å². The van der Waals surface area contributed by atoms with Crippen LogP contribution in [0.3, 0.4) is 0 Å². The van der Waals surface area contributed by atoms with Crippen molar-refractivity contribution in [3.05, 3.63) is 101 Å². The number of anilines is 2. The number of para-hydroxylation sites is 2. The smallest absolute Gasteiger partial charge is 0.261 e. The second-order valence-electron chi connectivity index (χ2n) is 5.95. The number of carbonyl (C=O) groups is 2. The van der Waals surface area contributed by atoms with Gasteiger partial charge in [-0.15, -0.1) is 0 Å². The van der Waals surface area contributed by atoms with Crippen molar-refractivity contribution < 1.29 is 18.4 Å². The largest absolute Gasteiger partial charge is 0.319 e. The van der Waals surface area contributed by atoms with Crippen LogP contribution in [0, 0.1) is 11.6 Å². The molecule has 2 amide bonds. The molecule has 0 saturated carbocycles. The Hall–Kier alpha value is -3.51. The van der Waals surface area contributed by atoms with Crippen molar-refractivity contribution in [1.82, 2.24) is 0 Å². The molecule has 0 radical (unpaired) electrons. The number of nitrogens with one attached hydrogen (secondary N) is 2. The predicted molar refractivity (Wildman–Crippen MR) is 109 cm³/mol. The maximum atomic E-state index is 13.9. The summed E-state index contributed by atoms with van der Waals surface area (Å²) in [5, 5.41) is 5.01. The minimum Gasteiger partial charge on any atom is -0.319 e. The van der Waals surface area contributed by atoms with E-state index in [1.165, 1.54) is 54.6 Å². The van der Waals surface area contributed by atoms with Crippen LogP contribution in [-0.2, 0) is 9.59 Å². The molecule has 7 heteroatoms. The van der Waals surface area contributed by atoms with Gasteiger partial charge in [0.25, 0.3) is 11.8 Å². The van der Waals surface area contributed by atoms with Gasteiger partial charge in [-0.1, -0.05) is 54.1 Å². The molecule has 0 unspecified atom stereocenters. The fourth-order valence-electron chi connectivity index (χ4n) is 2.49. The lowest BCUT2D eigenvalue weighted by atomic mass is 10.1. The van der Waals surface area contributed by atoms with Crippen LogP contribution in [0.5, 0.6) is 0 Å². The highest BCUT2D eigenvalue weighted by Crippen LogP contribution is 2.21. The molecule has 2 N–H and O–H groups in total. The van der Waals surface area contributed by atoms with Gasteiger partial charge in [-0.3, -0.25) is 9.59 Å². The average Bonchev–Trinajstić information content (AvgIpc) is 2.70. The molecule has 146 valence electrons. The average molecular weight is 413 g/mol. The molecule has 0 spiro atoms. The monoisotopic (exact) mass is 412 g/mol. The van der Waals surface area contributed by atoms with Crippen LogP contribution in [0.4, 0.5) is 20.2 Å². The molecule has 0 aliphatic heterocycles. The first-order valence-corrected chi connectivity index (χ1v) is 8.91. The Morgan fingerprint density at radius 1 is 0.724 bits per heavy atom. The third kappa shape index (κ3) is 5.06. The van der Waals surface area contributed by atoms with Crippen LogP contribution in [0.1, 0.15) is 5.56 Å². The van der Waals surface area contributed by atoms with Crippen LogP contribution >= 0.6 is 11.6 Å². The summed E-state index contributed by atoms with van der Waals surface area (Å²) in [6.07, 6.45) is 1.26. The fourth-order valence-corrected chi connectivity index (χ4v) is 2.68. The molecule has 0 aliphatic carbocycles. The minimum absolute atomic E-state index is 0.0961. The Morgan fingerprint density at radius 2 is 1.17 bits per heavy atom. The van der Waals surface area contributed by atoms with Gasteiger partial charge in [-0.05, 0) is 42.0 Å². The molecule has 0 bridgehead atoms. The van der Waals surface area contributed by atoms with Gasteiger partial charge in [0, 0.05) is 5.02 Å². The van der Waals surface area contributed by atoms with Crippen LogP contribution in [0.25, 0.3) is 6.08 Å². The highest BCUT2D eigenvalue weighted by atomic mass is 35.5. The molecule has 3 rings (SSSR count). The lowest BCUT2D eigenvalue weighted by Crippen LogP contribution is -2.26. The Labute approximate surface area is 170 Å². The third-order valence-electron chi connectivity index (χ3n) is 3.94. The molecule has 29 heavy (non-hydrogen) atoms. The zero-order valence-electron chi connectivity index (χ0n) is 15.0. The van der Waals surface area contributed by atoms with E-state index in [0.717, 1.165) is 0 Å². The van der Waals surface area contributed by atoms with E-state index in [2.05, 4.69) is 10.6 Å². The molecule has 0 saturated heterocycles. The first-order valence-electron chi connectivity index (χ1n) is 8.53. The summed E-state index contributed by atoms with van der Waals surface area (Å²) in [5.74, 6) is -3.06. The Balaban J connectivity index is 1.96. The van der Waals surface area contributed by atoms with Crippen molar-refractivity contribution in [2.75, 3.05) is 10.6 Å². The molecule has 0 atom stereocenters. The SMILES string of the molecule is O=C(Nc1ccccc1F)C(=Cc1ccccc1Cl)C(=O)Nc1ccccc1F. The second kappa shape index (κ2) is 9.12. The van der Waals surface area contributed by atoms with E-state index < -0.39 is 23.4 Å². The molecule has 0 heterocycles. The van der Waals surface area contributed by atoms with Gasteiger partial charge in [-0.2, -0.15) is 0 Å². The van der Waals surface area contributed by atoms with Gasteiger partial charge in [0.15, 0.2) is 0 Å². The van der Waals surface area contributed by atoms with E-state index in [4.69, 9.17) is 11.6 Å². The number of halogens is 3. The zero-order valence-corrected chi connectivity index (χ0v) is 15.7. The number of benzene rings is 3. The number of carbonyl (C=O) groups excluding carboxylic acids is 2. The molecule has 0 aliphatic rings. The third-order valence-corrected chi connectivity index (χ3v) is 4.28. The van der Waals surface area contributed by atoms with Gasteiger partial charge in [0.1, 0.15) is 17.2 Å². The van der Waals surface area contributed by atoms with E-state index >= 15 is 0 Å². The Kier molecular flexibility index (Phi) is 6.36. The molecule has 3 aromatic rings. The molecule has 3 aromatic carbocycles. The van der Waals surface area contributed by atoms with E-state index in [9.17, 15) is 18.4 Å². The summed E-state index contributed by atoms with van der Waals surface area (Å²) >= 11 is 6.12. The summed E-state index contributed by atoms with van der Waals surface area (Å²) in [6.45, 7) is 0. The van der Waals surface area contributed by atoms with Crippen molar-refractivity contribution >= 4 is 40.9 Å². The van der Waals surface area contributed by atoms with Crippen molar-refractivity contribution in [2.45, 2.75) is 0 Å². The Bertz CT molecular complexity index is 1040. The van der Waals surface area contributed by atoms with Gasteiger partial charge >= 0.3 is 0 Å². The van der Waals surface area contributed by atoms with E-state index in [1.54, 1.807) is 24.3 Å². The summed E-state index contributed by atoms with van der Waals surface area (Å²) in [7, 11) is 0. The number of rotatable bonds is 5. The van der Waals surface area contributed by atoms with Gasteiger partial charge < -0.3 is 10.6 Å². The summed E-state index contributed by atoms with van der Waals surface area (Å²) in [4.78, 5) is 25.5. The molecular weight excluding hydrogens is 398 g/mol. The normalized spacial score (nSPS) is 10.2. The molecular formula is C22H15ClF2N2O2. The lowest BCUT2D eigenvalue weighted by Gasteiger charge is -2.11. The van der Waals surface area contributed by atoms with E-state index in [1.807, 2.05) is 0 Å². The van der Waals surface area contributed by atoms with Crippen molar-refractivity contribution in [3.63, 3.8) is 0 Å². The first-order chi connectivity index (χ1) is 14.0. The second-order valence-corrected chi connectivity index (χ2v) is 6.35. The van der Waals surface area contributed by atoms with Crippen LogP contribution < -0.4 is 10.6 Å². The van der Waals surface area contributed by atoms with Gasteiger partial charge in [0.2, 0.25) is 0 Å². The maximum Gasteiger partial charge on any atom is 0.261 e. The maximum absolute atomic E-state index is 13.9. The lowest BCUT2D eigenvalue weighted by molar-refractivity contribution is -0.118. The first kappa shape index (κ1) is 20.2. The summed E-state index contributed by atoms with van der Waals surface area (Å²) in [5.41, 5.74) is -0.163. The topological polar surface area (TPSA) is 58.2 Å². The highest BCUT2D eigenvalue weighted by molar-refractivity contribution is 6.33. The highest BCUT2D eigenvalue weighted by Gasteiger charge is 2.21. The van der Waals surface area contributed by atoms with Crippen LogP contribution in [-0.4, -0.2) is 11.8 Å². The summed E-state index contributed by atoms with van der Waals surface area (Å²) < 4.78 is 27.8. The minimum atomic E-state index is -0.871. The van der Waals surface area contributed by atoms with E-state index in [-0.39, 0.29) is 16.9 Å². The quantitative estimate of drug-likeness (QED) is 0.340. The van der Waals surface area contributed by atoms with Crippen LogP contribution in [0.2, 0.25) is 5.02 Å². The number of hydrogen-bond acceptors (Lipinski definition) is 2. The van der Waals surface area contributed by atoms with Crippen molar-refractivity contribution in [2.24, 2.45) is 0 Å². The fraction of sp³-hybridized carbons (Fsp3) is 0. The summed E-state index contributed by atoms with van der Waals surface area (Å²) in [6, 6.07) is 17.6. The molecule has 4 nitrogen and oxygen atoms in total. The van der Waals surface area contributed by atoms with Crippen molar-refractivity contribution in [3.8, 4) is 0 Å². The Morgan fingerprint density at radius 3 is 1.66 bits per heavy atom. The zero-order chi connectivity index (χ0) is 20.8. The number of amides is 2. The standard InChI is InChI=1S/C22H15ClF2N2O2/c23-16-8-2-1-7-14(16)13-15(21(28)26-19-11-5-3-9-17(19)24)22(29)27-20-12-6-4-10-18(20)25/h1-13H,(H,26,28)(H,27,29). The number of hydrogen-bond donors (Lipinski definition) is 2. The van der Waals surface area contributed by atoms with Crippen molar-refractivity contribution in [1.29, 1.82) is 0 Å². The molecule has 0 fully saturated rings. The molecule has 0 aromatic heterocycles.